The minimum Gasteiger partial charge on any atom is -0.355 e. The highest BCUT2D eigenvalue weighted by atomic mass is 33.2. The van der Waals surface area contributed by atoms with Gasteiger partial charge >= 0.3 is 0 Å². The van der Waals surface area contributed by atoms with Crippen molar-refractivity contribution in [2.24, 2.45) is 0 Å². The van der Waals surface area contributed by atoms with E-state index in [-0.39, 0.29) is 35.3 Å². The molecule has 2 fully saturated rings. The minimum absolute atomic E-state index is 0.00453. The Hall–Kier alpha value is -0.190. The number of carbonyl (C=O) groups excluding carboxylic acids is 3. The third kappa shape index (κ3) is 8.44. The summed E-state index contributed by atoms with van der Waals surface area (Å²) in [7, 11) is 6.85. The van der Waals surface area contributed by atoms with Crippen LogP contribution < -0.4 is 16.0 Å². The molecule has 6 nitrogen and oxygen atoms in total. The largest absolute Gasteiger partial charge is 0.355 e. The van der Waals surface area contributed by atoms with Crippen LogP contribution in [0.25, 0.3) is 0 Å². The zero-order valence-corrected chi connectivity index (χ0v) is 15.2. The van der Waals surface area contributed by atoms with Gasteiger partial charge in [0.15, 0.2) is 0 Å². The Morgan fingerprint density at radius 2 is 1.59 bits per heavy atom. The maximum Gasteiger partial charge on any atom is 0.245 e. The van der Waals surface area contributed by atoms with Crippen LogP contribution in [-0.2, 0) is 14.4 Å². The predicted molar refractivity (Wildman–Crippen MR) is 95.4 cm³/mol. The van der Waals surface area contributed by atoms with E-state index in [0.717, 1.165) is 17.4 Å². The molecule has 124 valence electrons. The molecule has 2 aliphatic rings. The van der Waals surface area contributed by atoms with Crippen molar-refractivity contribution in [3.8, 4) is 0 Å². The lowest BCUT2D eigenvalue weighted by Crippen LogP contribution is -2.38. The number of hydrogen-bond acceptors (Lipinski definition) is 7. The van der Waals surface area contributed by atoms with E-state index in [0.29, 0.717) is 13.1 Å². The number of hydrogen-bond donors (Lipinski definition) is 3. The van der Waals surface area contributed by atoms with Crippen molar-refractivity contribution in [3.05, 3.63) is 0 Å². The van der Waals surface area contributed by atoms with E-state index in [1.807, 2.05) is 21.6 Å². The molecule has 10 heteroatoms. The van der Waals surface area contributed by atoms with Gasteiger partial charge in [0.1, 0.15) is 4.58 Å². The van der Waals surface area contributed by atoms with Crippen molar-refractivity contribution in [1.82, 2.24) is 16.0 Å². The van der Waals surface area contributed by atoms with Gasteiger partial charge in [0, 0.05) is 19.5 Å². The zero-order valence-electron chi connectivity index (χ0n) is 12.0. The van der Waals surface area contributed by atoms with Crippen LogP contribution in [0.2, 0.25) is 0 Å². The summed E-state index contributed by atoms with van der Waals surface area (Å²) in [6.45, 7) is 0.958. The summed E-state index contributed by atoms with van der Waals surface area (Å²) < 4.78 is 0.763. The van der Waals surface area contributed by atoms with Gasteiger partial charge < -0.3 is 16.0 Å². The van der Waals surface area contributed by atoms with Gasteiger partial charge in [0.25, 0.3) is 0 Å². The van der Waals surface area contributed by atoms with Crippen LogP contribution >= 0.6 is 43.2 Å². The quantitative estimate of drug-likeness (QED) is 0.283. The van der Waals surface area contributed by atoms with E-state index in [1.54, 1.807) is 0 Å². The van der Waals surface area contributed by atoms with Gasteiger partial charge in [0.2, 0.25) is 17.7 Å². The molecule has 3 N–H and O–H groups in total. The average Bonchev–Trinajstić information content (AvgIpc) is 3.38. The van der Waals surface area contributed by atoms with E-state index in [2.05, 4.69) is 16.0 Å². The summed E-state index contributed by atoms with van der Waals surface area (Å²) in [5.74, 6) is -0.434. The van der Waals surface area contributed by atoms with Gasteiger partial charge in [-0.05, 0) is 19.3 Å². The molecule has 0 unspecified atom stereocenters. The predicted octanol–water partition coefficient (Wildman–Crippen LogP) is 1.34. The maximum absolute atomic E-state index is 11.5. The standard InChI is InChI=1S/C12H19N3O3S4/c16-8(4-6-14-11(18)12-21-22-12)15-7-9(17)13-5-2-1-3-10-19-20-10/h10,12H,1-7H2,(H,13,17)(H,14,18)(H,15,16). The topological polar surface area (TPSA) is 87.3 Å². The second kappa shape index (κ2) is 9.84. The molecule has 0 saturated carbocycles. The molecule has 0 aromatic carbocycles. The summed E-state index contributed by atoms with van der Waals surface area (Å²) >= 11 is 0. The second-order valence-corrected chi connectivity index (χ2v) is 10.6. The first kappa shape index (κ1) is 18.2. The van der Waals surface area contributed by atoms with Crippen molar-refractivity contribution >= 4 is 60.9 Å². The molecule has 0 radical (unpaired) electrons. The van der Waals surface area contributed by atoms with Gasteiger partial charge in [-0.3, -0.25) is 14.4 Å². The molecule has 22 heavy (non-hydrogen) atoms. The molecule has 0 spiro atoms. The summed E-state index contributed by atoms with van der Waals surface area (Å²) in [4.78, 5) is 34.4. The highest BCUT2D eigenvalue weighted by Gasteiger charge is 2.32. The van der Waals surface area contributed by atoms with Crippen molar-refractivity contribution in [2.45, 2.75) is 34.8 Å². The van der Waals surface area contributed by atoms with Crippen LogP contribution in [0.4, 0.5) is 0 Å². The molecule has 0 bridgehead atoms. The van der Waals surface area contributed by atoms with Crippen LogP contribution in [0.15, 0.2) is 0 Å². The highest BCUT2D eigenvalue weighted by Crippen LogP contribution is 2.55. The van der Waals surface area contributed by atoms with Gasteiger partial charge in [0.05, 0.1) is 11.1 Å². The van der Waals surface area contributed by atoms with E-state index in [1.165, 1.54) is 28.0 Å². The molecule has 2 rings (SSSR count). The van der Waals surface area contributed by atoms with E-state index in [9.17, 15) is 14.4 Å². The van der Waals surface area contributed by atoms with Gasteiger partial charge in [-0.2, -0.15) is 0 Å². The average molecular weight is 382 g/mol. The third-order valence-electron chi connectivity index (χ3n) is 2.93. The lowest BCUT2D eigenvalue weighted by atomic mass is 10.2. The fraction of sp³-hybridized carbons (Fsp3) is 0.750. The first-order valence-electron chi connectivity index (χ1n) is 7.10. The first-order chi connectivity index (χ1) is 10.6. The molecule has 0 aromatic rings. The molecule has 2 aliphatic heterocycles. The molecule has 3 amide bonds. The summed E-state index contributed by atoms with van der Waals surface area (Å²) in [5, 5.41) is 8.02. The van der Waals surface area contributed by atoms with Gasteiger partial charge in [-0.15, -0.1) is 0 Å². The molecule has 0 aliphatic carbocycles. The number of nitrogens with one attached hydrogen (secondary N) is 3. The van der Waals surface area contributed by atoms with E-state index >= 15 is 0 Å². The van der Waals surface area contributed by atoms with Crippen LogP contribution in [-0.4, -0.2) is 46.5 Å². The fourth-order valence-corrected chi connectivity index (χ4v) is 4.13. The first-order valence-corrected chi connectivity index (χ1v) is 11.7. The number of carbonyl (C=O) groups is 3. The van der Waals surface area contributed by atoms with Crippen LogP contribution in [0.3, 0.4) is 0 Å². The van der Waals surface area contributed by atoms with Crippen molar-refractivity contribution in [2.75, 3.05) is 19.6 Å². The molecular formula is C12H19N3O3S4. The van der Waals surface area contributed by atoms with E-state index in [4.69, 9.17) is 0 Å². The zero-order chi connectivity index (χ0) is 15.8. The monoisotopic (exact) mass is 381 g/mol. The molecule has 0 atom stereocenters. The molecule has 2 heterocycles. The van der Waals surface area contributed by atoms with Crippen molar-refractivity contribution < 1.29 is 14.4 Å². The third-order valence-corrected chi connectivity index (χ3v) is 7.22. The Morgan fingerprint density at radius 3 is 2.27 bits per heavy atom. The minimum atomic E-state index is -0.227. The lowest BCUT2D eigenvalue weighted by molar-refractivity contribution is -0.126. The lowest BCUT2D eigenvalue weighted by Gasteiger charge is -2.07. The van der Waals surface area contributed by atoms with Crippen LogP contribution in [0.5, 0.6) is 0 Å². The normalized spacial score (nSPS) is 16.9. The van der Waals surface area contributed by atoms with Crippen LogP contribution in [0.1, 0.15) is 25.7 Å². The molecule has 2 saturated heterocycles. The molecule has 0 aromatic heterocycles. The summed E-state index contributed by atoms with van der Waals surface area (Å²) in [6.07, 6.45) is 3.48. The Balaban J connectivity index is 1.39. The Kier molecular flexibility index (Phi) is 8.12. The number of rotatable bonds is 11. The molecular weight excluding hydrogens is 362 g/mol. The maximum atomic E-state index is 11.5. The van der Waals surface area contributed by atoms with Crippen molar-refractivity contribution in [3.63, 3.8) is 0 Å². The van der Waals surface area contributed by atoms with Crippen molar-refractivity contribution in [1.29, 1.82) is 0 Å². The Labute approximate surface area is 145 Å². The Bertz CT molecular complexity index is 416. The summed E-state index contributed by atoms with van der Waals surface area (Å²) in [5.41, 5.74) is 0. The summed E-state index contributed by atoms with van der Waals surface area (Å²) in [6, 6.07) is 0. The van der Waals surface area contributed by atoms with Crippen LogP contribution in [0, 0.1) is 0 Å². The number of unbranched alkanes of at least 4 members (excludes halogenated alkanes) is 1. The number of amides is 3. The second-order valence-electron chi connectivity index (χ2n) is 4.81. The fourth-order valence-electron chi connectivity index (χ4n) is 1.63. The Morgan fingerprint density at radius 1 is 0.818 bits per heavy atom. The highest BCUT2D eigenvalue weighted by molar-refractivity contribution is 8.93. The van der Waals surface area contributed by atoms with E-state index < -0.39 is 0 Å². The SMILES string of the molecule is O=C(CCNC(=O)C1SS1)NCC(=O)NCCCCC1SS1. The van der Waals surface area contributed by atoms with Gasteiger partial charge in [-0.1, -0.05) is 43.2 Å². The van der Waals surface area contributed by atoms with Gasteiger partial charge in [-0.25, -0.2) is 0 Å². The smallest absolute Gasteiger partial charge is 0.245 e.